The number of hydrogen-bond acceptors (Lipinski definition) is 3. The SMILES string of the molecule is CCNC(=NCCc1ccncc1C)N1CCC(CN(CC)CC)C1. The van der Waals surface area contributed by atoms with Crippen LogP contribution in [0.5, 0.6) is 0 Å². The summed E-state index contributed by atoms with van der Waals surface area (Å²) in [6, 6.07) is 2.10. The van der Waals surface area contributed by atoms with E-state index in [2.05, 4.69) is 53.9 Å². The Labute approximate surface area is 153 Å². The molecule has 0 spiro atoms. The fourth-order valence-electron chi connectivity index (χ4n) is 3.51. The van der Waals surface area contributed by atoms with Gasteiger partial charge in [-0.1, -0.05) is 13.8 Å². The summed E-state index contributed by atoms with van der Waals surface area (Å²) in [4.78, 5) is 14.0. The number of likely N-dealkylation sites (tertiary alicyclic amines) is 1. The van der Waals surface area contributed by atoms with E-state index in [0.717, 1.165) is 57.6 Å². The summed E-state index contributed by atoms with van der Waals surface area (Å²) in [5, 5.41) is 3.48. The summed E-state index contributed by atoms with van der Waals surface area (Å²) in [5.74, 6) is 1.84. The molecule has 1 aromatic rings. The van der Waals surface area contributed by atoms with Crippen LogP contribution < -0.4 is 5.32 Å². The average Bonchev–Trinajstić information content (AvgIpc) is 3.09. The van der Waals surface area contributed by atoms with E-state index in [1.54, 1.807) is 0 Å². The number of nitrogens with zero attached hydrogens (tertiary/aromatic N) is 4. The zero-order chi connectivity index (χ0) is 18.1. The van der Waals surface area contributed by atoms with Crippen molar-refractivity contribution in [2.24, 2.45) is 10.9 Å². The number of pyridine rings is 1. The van der Waals surface area contributed by atoms with Crippen molar-refractivity contribution in [3.63, 3.8) is 0 Å². The Hall–Kier alpha value is -1.62. The van der Waals surface area contributed by atoms with Gasteiger partial charge in [0.15, 0.2) is 5.96 Å². The molecule has 1 aliphatic rings. The first-order valence-corrected chi connectivity index (χ1v) is 9.82. The van der Waals surface area contributed by atoms with E-state index in [0.29, 0.717) is 0 Å². The number of rotatable bonds is 8. The van der Waals surface area contributed by atoms with Gasteiger partial charge in [-0.3, -0.25) is 9.98 Å². The molecule has 0 aromatic carbocycles. The van der Waals surface area contributed by atoms with Gasteiger partial charge in [-0.05, 0) is 62.9 Å². The van der Waals surface area contributed by atoms with Crippen LogP contribution in [0.2, 0.25) is 0 Å². The Morgan fingerprint density at radius 1 is 1.36 bits per heavy atom. The van der Waals surface area contributed by atoms with Crippen LogP contribution in [0, 0.1) is 12.8 Å². The molecule has 140 valence electrons. The Balaban J connectivity index is 1.90. The Morgan fingerprint density at radius 2 is 2.16 bits per heavy atom. The molecule has 1 atom stereocenters. The third-order valence-corrected chi connectivity index (χ3v) is 5.11. The van der Waals surface area contributed by atoms with Gasteiger partial charge in [-0.2, -0.15) is 0 Å². The van der Waals surface area contributed by atoms with Crippen molar-refractivity contribution in [3.8, 4) is 0 Å². The van der Waals surface area contributed by atoms with Crippen molar-refractivity contribution in [1.82, 2.24) is 20.1 Å². The minimum atomic E-state index is 0.756. The summed E-state index contributed by atoms with van der Waals surface area (Å²) in [7, 11) is 0. The van der Waals surface area contributed by atoms with E-state index in [1.165, 1.54) is 24.1 Å². The van der Waals surface area contributed by atoms with Crippen LogP contribution in [-0.4, -0.2) is 66.6 Å². The monoisotopic (exact) mass is 345 g/mol. The summed E-state index contributed by atoms with van der Waals surface area (Å²) >= 11 is 0. The molecule has 1 aromatic heterocycles. The van der Waals surface area contributed by atoms with E-state index in [9.17, 15) is 0 Å². The molecule has 2 heterocycles. The second kappa shape index (κ2) is 10.4. The number of hydrogen-bond donors (Lipinski definition) is 1. The van der Waals surface area contributed by atoms with E-state index in [1.807, 2.05) is 12.4 Å². The van der Waals surface area contributed by atoms with E-state index >= 15 is 0 Å². The minimum Gasteiger partial charge on any atom is -0.357 e. The molecule has 0 saturated carbocycles. The van der Waals surface area contributed by atoms with Crippen LogP contribution in [0.15, 0.2) is 23.5 Å². The van der Waals surface area contributed by atoms with Gasteiger partial charge in [-0.25, -0.2) is 0 Å². The number of nitrogens with one attached hydrogen (secondary N) is 1. The normalized spacial score (nSPS) is 18.2. The predicted molar refractivity (Wildman–Crippen MR) is 106 cm³/mol. The molecule has 1 unspecified atom stereocenters. The van der Waals surface area contributed by atoms with Gasteiger partial charge in [-0.15, -0.1) is 0 Å². The molecule has 5 heteroatoms. The van der Waals surface area contributed by atoms with Gasteiger partial charge >= 0.3 is 0 Å². The minimum absolute atomic E-state index is 0.756. The largest absolute Gasteiger partial charge is 0.357 e. The third kappa shape index (κ3) is 5.99. The van der Waals surface area contributed by atoms with Crippen molar-refractivity contribution in [2.45, 2.75) is 40.5 Å². The smallest absolute Gasteiger partial charge is 0.193 e. The van der Waals surface area contributed by atoms with E-state index in [-0.39, 0.29) is 0 Å². The highest BCUT2D eigenvalue weighted by atomic mass is 15.3. The van der Waals surface area contributed by atoms with Crippen LogP contribution in [-0.2, 0) is 6.42 Å². The summed E-state index contributed by atoms with van der Waals surface area (Å²) in [6.45, 7) is 16.3. The molecule has 1 aliphatic heterocycles. The van der Waals surface area contributed by atoms with Crippen molar-refractivity contribution in [2.75, 3.05) is 45.8 Å². The first-order chi connectivity index (χ1) is 12.2. The lowest BCUT2D eigenvalue weighted by molar-refractivity contribution is 0.255. The average molecular weight is 346 g/mol. The molecule has 0 bridgehead atoms. The maximum Gasteiger partial charge on any atom is 0.193 e. The highest BCUT2D eigenvalue weighted by Crippen LogP contribution is 2.17. The van der Waals surface area contributed by atoms with Crippen LogP contribution in [0.4, 0.5) is 0 Å². The van der Waals surface area contributed by atoms with E-state index < -0.39 is 0 Å². The molecule has 2 rings (SSSR count). The predicted octanol–water partition coefficient (Wildman–Crippen LogP) is 2.56. The first kappa shape index (κ1) is 19.7. The molecule has 1 fully saturated rings. The third-order valence-electron chi connectivity index (χ3n) is 5.11. The lowest BCUT2D eigenvalue weighted by Crippen LogP contribution is -2.41. The van der Waals surface area contributed by atoms with Gasteiger partial charge in [0.1, 0.15) is 0 Å². The lowest BCUT2D eigenvalue weighted by Gasteiger charge is -2.24. The zero-order valence-electron chi connectivity index (χ0n) is 16.5. The van der Waals surface area contributed by atoms with Crippen LogP contribution in [0.3, 0.4) is 0 Å². The molecule has 25 heavy (non-hydrogen) atoms. The fraction of sp³-hybridized carbons (Fsp3) is 0.700. The number of aliphatic imine (C=N–C) groups is 1. The lowest BCUT2D eigenvalue weighted by atomic mass is 10.1. The van der Waals surface area contributed by atoms with Gasteiger partial charge in [0.05, 0.1) is 0 Å². The molecule has 5 nitrogen and oxygen atoms in total. The standard InChI is InChI=1S/C20H35N5/c1-5-22-20(23-12-9-19-8-11-21-14-17(19)4)25-13-10-18(16-25)15-24(6-2)7-3/h8,11,14,18H,5-7,9-10,12-13,15-16H2,1-4H3,(H,22,23). The topological polar surface area (TPSA) is 43.8 Å². The van der Waals surface area contributed by atoms with Crippen LogP contribution in [0.1, 0.15) is 38.3 Å². The molecule has 0 aliphatic carbocycles. The maximum absolute atomic E-state index is 4.88. The number of aryl methyl sites for hydroxylation is 1. The first-order valence-electron chi connectivity index (χ1n) is 9.82. The Bertz CT molecular complexity index is 539. The second-order valence-corrected chi connectivity index (χ2v) is 6.87. The molecule has 1 N–H and O–H groups in total. The fourth-order valence-corrected chi connectivity index (χ4v) is 3.51. The molecule has 0 amide bonds. The van der Waals surface area contributed by atoms with Crippen molar-refractivity contribution < 1.29 is 0 Å². The number of aromatic nitrogens is 1. The van der Waals surface area contributed by atoms with Crippen molar-refractivity contribution in [3.05, 3.63) is 29.6 Å². The zero-order valence-corrected chi connectivity index (χ0v) is 16.5. The number of guanidine groups is 1. The highest BCUT2D eigenvalue weighted by Gasteiger charge is 2.25. The van der Waals surface area contributed by atoms with Gasteiger partial charge in [0, 0.05) is 45.1 Å². The second-order valence-electron chi connectivity index (χ2n) is 6.87. The van der Waals surface area contributed by atoms with Crippen LogP contribution in [0.25, 0.3) is 0 Å². The molecular weight excluding hydrogens is 310 g/mol. The summed E-state index contributed by atoms with van der Waals surface area (Å²) in [6.07, 6.45) is 6.04. The Kier molecular flexibility index (Phi) is 8.19. The molecule has 0 radical (unpaired) electrons. The molecule has 1 saturated heterocycles. The van der Waals surface area contributed by atoms with Crippen molar-refractivity contribution in [1.29, 1.82) is 0 Å². The molecular formula is C20H35N5. The highest BCUT2D eigenvalue weighted by molar-refractivity contribution is 5.80. The van der Waals surface area contributed by atoms with Gasteiger partial charge < -0.3 is 15.1 Å². The maximum atomic E-state index is 4.88. The summed E-state index contributed by atoms with van der Waals surface area (Å²) < 4.78 is 0. The van der Waals surface area contributed by atoms with E-state index in [4.69, 9.17) is 4.99 Å². The quantitative estimate of drug-likeness (QED) is 0.581. The Morgan fingerprint density at radius 3 is 2.84 bits per heavy atom. The van der Waals surface area contributed by atoms with Gasteiger partial charge in [0.2, 0.25) is 0 Å². The van der Waals surface area contributed by atoms with Crippen molar-refractivity contribution >= 4 is 5.96 Å². The summed E-state index contributed by atoms with van der Waals surface area (Å²) in [5.41, 5.74) is 2.60. The van der Waals surface area contributed by atoms with Gasteiger partial charge in [0.25, 0.3) is 0 Å². The van der Waals surface area contributed by atoms with Crippen LogP contribution >= 0.6 is 0 Å².